The topological polar surface area (TPSA) is 97.3 Å². The van der Waals surface area contributed by atoms with Crippen LogP contribution in [0.3, 0.4) is 0 Å². The van der Waals surface area contributed by atoms with E-state index < -0.39 is 25.0 Å². The third-order valence-electron chi connectivity index (χ3n) is 6.94. The van der Waals surface area contributed by atoms with Crippen LogP contribution in [0.2, 0.25) is 5.02 Å². The molecule has 10 heteroatoms. The van der Waals surface area contributed by atoms with Gasteiger partial charge in [-0.3, -0.25) is 9.69 Å². The second kappa shape index (κ2) is 12.3. The summed E-state index contributed by atoms with van der Waals surface area (Å²) >= 11 is 6.30. The number of hydrogen-bond acceptors (Lipinski definition) is 7. The van der Waals surface area contributed by atoms with Crippen LogP contribution in [0.5, 0.6) is 5.75 Å². The molecule has 2 N–H and O–H groups in total. The molecule has 0 aliphatic carbocycles. The van der Waals surface area contributed by atoms with Gasteiger partial charge in [-0.25, -0.2) is 4.79 Å². The fraction of sp³-hybridized carbons (Fsp3) is 0.481. The van der Waals surface area contributed by atoms with Crippen LogP contribution in [0.1, 0.15) is 53.7 Å². The molecule has 37 heavy (non-hydrogen) atoms. The van der Waals surface area contributed by atoms with Crippen molar-refractivity contribution in [2.45, 2.75) is 52.9 Å². The molecule has 1 atom stereocenters. The van der Waals surface area contributed by atoms with Crippen LogP contribution in [0.25, 0.3) is 0 Å². The first-order valence-corrected chi connectivity index (χ1v) is 13.2. The van der Waals surface area contributed by atoms with Gasteiger partial charge in [0.2, 0.25) is 0 Å². The Morgan fingerprint density at radius 1 is 1.22 bits per heavy atom. The van der Waals surface area contributed by atoms with E-state index in [0.717, 1.165) is 30.8 Å². The molecule has 4 rings (SSSR count). The smallest absolute Gasteiger partial charge is 0.491 e. The van der Waals surface area contributed by atoms with Crippen LogP contribution in [-0.2, 0) is 27.4 Å². The molecule has 0 aromatic heterocycles. The summed E-state index contributed by atoms with van der Waals surface area (Å²) in [7, 11) is -1.05. The molecular weight excluding hydrogens is 495 g/mol. The van der Waals surface area contributed by atoms with Crippen molar-refractivity contribution in [3.63, 3.8) is 0 Å². The maximum atomic E-state index is 13.1. The second-order valence-corrected chi connectivity index (χ2v) is 10.3. The van der Waals surface area contributed by atoms with E-state index in [4.69, 9.17) is 25.7 Å². The Labute approximate surface area is 223 Å². The lowest BCUT2D eigenvalue weighted by molar-refractivity contribution is -0.148. The van der Waals surface area contributed by atoms with E-state index in [1.807, 2.05) is 13.8 Å². The van der Waals surface area contributed by atoms with Crippen LogP contribution >= 0.6 is 11.6 Å². The van der Waals surface area contributed by atoms with Gasteiger partial charge in [0.25, 0.3) is 5.91 Å². The first-order valence-electron chi connectivity index (χ1n) is 12.8. The molecule has 2 aromatic rings. The van der Waals surface area contributed by atoms with Crippen molar-refractivity contribution in [2.75, 3.05) is 26.2 Å². The predicted octanol–water partition coefficient (Wildman–Crippen LogP) is 2.84. The van der Waals surface area contributed by atoms with Crippen LogP contribution < -0.4 is 15.5 Å². The monoisotopic (exact) mass is 528 g/mol. The van der Waals surface area contributed by atoms with E-state index in [1.165, 1.54) is 12.8 Å². The van der Waals surface area contributed by atoms with E-state index in [2.05, 4.69) is 10.2 Å². The largest absolute Gasteiger partial charge is 0.492 e. The number of amides is 1. The van der Waals surface area contributed by atoms with E-state index in [1.54, 1.807) is 37.3 Å². The Hall–Kier alpha value is -2.59. The van der Waals surface area contributed by atoms with Gasteiger partial charge in [-0.15, -0.1) is 0 Å². The number of halogens is 1. The minimum absolute atomic E-state index is 0.0268. The molecule has 2 aliphatic heterocycles. The van der Waals surface area contributed by atoms with Gasteiger partial charge < -0.3 is 24.5 Å². The number of carbonyl (C=O) groups excluding carboxylic acids is 2. The van der Waals surface area contributed by atoms with Crippen molar-refractivity contribution in [2.24, 2.45) is 5.92 Å². The molecule has 0 radical (unpaired) electrons. The Bertz CT molecular complexity index is 1140. The van der Waals surface area contributed by atoms with Crippen LogP contribution in [0.4, 0.5) is 0 Å². The maximum Gasteiger partial charge on any atom is 0.492 e. The highest BCUT2D eigenvalue weighted by molar-refractivity contribution is 6.62. The minimum atomic E-state index is -1.05. The predicted molar refractivity (Wildman–Crippen MR) is 142 cm³/mol. The molecule has 2 heterocycles. The number of rotatable bonds is 10. The van der Waals surface area contributed by atoms with E-state index in [-0.39, 0.29) is 12.5 Å². The third kappa shape index (κ3) is 6.65. The van der Waals surface area contributed by atoms with Crippen molar-refractivity contribution < 1.29 is 28.7 Å². The zero-order chi connectivity index (χ0) is 26.5. The Kier molecular flexibility index (Phi) is 9.13. The molecule has 1 fully saturated rings. The highest BCUT2D eigenvalue weighted by atomic mass is 35.5. The second-order valence-electron chi connectivity index (χ2n) is 9.94. The summed E-state index contributed by atoms with van der Waals surface area (Å²) in [6.45, 7) is 9.36. The quantitative estimate of drug-likeness (QED) is 0.361. The molecule has 198 valence electrons. The number of benzene rings is 2. The number of hydrogen-bond donors (Lipinski definition) is 2. The number of nitrogens with one attached hydrogen (secondary N) is 1. The standard InChI is InChI=1S/C27H34BClN2O6/c1-17(2)25(30-26(32)21-8-7-20-16-37-28(34)24(20)18(21)3)27(33)36-15-19-6-9-22(29)23(14-19)35-13-12-31-10-4-5-11-31/h6-9,14,17,25,34H,4-5,10-13,15-16H2,1-3H3,(H,30,32)/t25-/m0/s1. The number of likely N-dealkylation sites (tertiary alicyclic amines) is 1. The summed E-state index contributed by atoms with van der Waals surface area (Å²) < 4.78 is 16.7. The van der Waals surface area contributed by atoms with Crippen LogP contribution in [-0.4, -0.2) is 61.2 Å². The lowest BCUT2D eigenvalue weighted by atomic mass is 9.75. The van der Waals surface area contributed by atoms with Gasteiger partial charge in [0, 0.05) is 12.1 Å². The molecular formula is C27H34BClN2O6. The number of ether oxygens (including phenoxy) is 2. The average Bonchev–Trinajstić information content (AvgIpc) is 3.52. The van der Waals surface area contributed by atoms with Gasteiger partial charge in [0.15, 0.2) is 0 Å². The zero-order valence-corrected chi connectivity index (χ0v) is 22.3. The molecule has 0 saturated carbocycles. The van der Waals surface area contributed by atoms with Crippen molar-refractivity contribution >= 4 is 36.1 Å². The highest BCUT2D eigenvalue weighted by Gasteiger charge is 2.32. The van der Waals surface area contributed by atoms with E-state index >= 15 is 0 Å². The SMILES string of the molecule is Cc1c(C(=O)N[C@H](C(=O)OCc2ccc(Cl)c(OCCN3CCCC3)c2)C(C)C)ccc2c1B(O)OC2. The minimum Gasteiger partial charge on any atom is -0.491 e. The molecule has 1 amide bonds. The summed E-state index contributed by atoms with van der Waals surface area (Å²) in [5, 5.41) is 13.4. The molecule has 0 bridgehead atoms. The first-order chi connectivity index (χ1) is 17.7. The number of carbonyl (C=O) groups is 2. The normalized spacial score (nSPS) is 16.1. The lowest BCUT2D eigenvalue weighted by Gasteiger charge is -2.22. The summed E-state index contributed by atoms with van der Waals surface area (Å²) in [5.74, 6) is -0.580. The Morgan fingerprint density at radius 3 is 2.70 bits per heavy atom. The fourth-order valence-corrected chi connectivity index (χ4v) is 4.92. The average molecular weight is 529 g/mol. The number of esters is 1. The maximum absolute atomic E-state index is 13.1. The zero-order valence-electron chi connectivity index (χ0n) is 21.6. The van der Waals surface area contributed by atoms with Gasteiger partial charge in [-0.1, -0.05) is 37.6 Å². The van der Waals surface area contributed by atoms with Gasteiger partial charge >= 0.3 is 13.1 Å². The molecule has 2 aliphatic rings. The van der Waals surface area contributed by atoms with E-state index in [9.17, 15) is 14.6 Å². The van der Waals surface area contributed by atoms with Crippen LogP contribution in [0, 0.1) is 12.8 Å². The van der Waals surface area contributed by atoms with Crippen molar-refractivity contribution in [3.8, 4) is 5.75 Å². The highest BCUT2D eigenvalue weighted by Crippen LogP contribution is 2.26. The summed E-state index contributed by atoms with van der Waals surface area (Å²) in [6, 6.07) is 7.90. The molecule has 0 unspecified atom stereocenters. The van der Waals surface area contributed by atoms with Gasteiger partial charge in [0.05, 0.1) is 11.6 Å². The molecule has 2 aromatic carbocycles. The Balaban J connectivity index is 1.35. The van der Waals surface area contributed by atoms with Gasteiger partial charge in [-0.05, 0) is 79.1 Å². The molecule has 0 spiro atoms. The van der Waals surface area contributed by atoms with Crippen molar-refractivity contribution in [3.05, 3.63) is 57.6 Å². The van der Waals surface area contributed by atoms with E-state index in [0.29, 0.717) is 40.6 Å². The molecule has 1 saturated heterocycles. The van der Waals surface area contributed by atoms with Crippen molar-refractivity contribution in [1.82, 2.24) is 10.2 Å². The Morgan fingerprint density at radius 2 is 1.97 bits per heavy atom. The first kappa shape index (κ1) is 27.4. The van der Waals surface area contributed by atoms with Crippen LogP contribution in [0.15, 0.2) is 30.3 Å². The van der Waals surface area contributed by atoms with Gasteiger partial charge in [-0.2, -0.15) is 0 Å². The lowest BCUT2D eigenvalue weighted by Crippen LogP contribution is -2.46. The summed E-state index contributed by atoms with van der Waals surface area (Å²) in [6.07, 6.45) is 2.45. The number of fused-ring (bicyclic) bond motifs is 1. The van der Waals surface area contributed by atoms with Crippen molar-refractivity contribution in [1.29, 1.82) is 0 Å². The fourth-order valence-electron chi connectivity index (χ4n) is 4.75. The third-order valence-corrected chi connectivity index (χ3v) is 7.25. The summed E-state index contributed by atoms with van der Waals surface area (Å²) in [4.78, 5) is 28.4. The van der Waals surface area contributed by atoms with Gasteiger partial charge in [0.1, 0.15) is 25.0 Å². The summed E-state index contributed by atoms with van der Waals surface area (Å²) in [5.41, 5.74) is 3.22. The molecule has 8 nitrogen and oxygen atoms in total. The number of nitrogens with zero attached hydrogens (tertiary/aromatic N) is 1.